The number of methoxy groups -OCH3 is 2. The van der Waals surface area contributed by atoms with E-state index in [1.54, 1.807) is 110 Å². The third-order valence-corrected chi connectivity index (χ3v) is 18.7. The van der Waals surface area contributed by atoms with Gasteiger partial charge in [-0.1, -0.05) is 61.1 Å². The van der Waals surface area contributed by atoms with Gasteiger partial charge in [-0.25, -0.2) is 29.3 Å². The maximum atomic E-state index is 13.4. The van der Waals surface area contributed by atoms with Gasteiger partial charge < -0.3 is 105 Å². The van der Waals surface area contributed by atoms with Crippen molar-refractivity contribution in [3.63, 3.8) is 0 Å². The second kappa shape index (κ2) is 42.4. The summed E-state index contributed by atoms with van der Waals surface area (Å²) < 4.78 is 83.8. The summed E-state index contributed by atoms with van der Waals surface area (Å²) in [4.78, 5) is 109. The Bertz CT molecular complexity index is 5190. The average Bonchev–Trinajstić information content (AvgIpc) is 0.813. The number of carbonyl (C=O) groups excluding carboxylic acids is 6. The van der Waals surface area contributed by atoms with Crippen LogP contribution in [0.3, 0.4) is 0 Å². The van der Waals surface area contributed by atoms with Crippen molar-refractivity contribution in [3.05, 3.63) is 200 Å². The number of aromatic nitrogens is 6. The molecule has 666 valence electrons. The number of ether oxygens (including phenoxy) is 8. The lowest BCUT2D eigenvalue weighted by atomic mass is 10.2. The van der Waals surface area contributed by atoms with E-state index in [4.69, 9.17) is 56.4 Å². The quantitative estimate of drug-likeness (QED) is 0.0218. The fourth-order valence-corrected chi connectivity index (χ4v) is 12.5. The Balaban J connectivity index is 0.000000197. The van der Waals surface area contributed by atoms with Crippen LogP contribution in [0.15, 0.2) is 184 Å². The number of benzene rings is 6. The molecule has 9 aromatic rings. The van der Waals surface area contributed by atoms with Crippen molar-refractivity contribution in [3.8, 4) is 40.5 Å². The van der Waals surface area contributed by atoms with Crippen LogP contribution >= 0.6 is 23.2 Å². The second-order valence-corrected chi connectivity index (χ2v) is 32.0. The lowest BCUT2D eigenvalue weighted by Gasteiger charge is -2.37. The molecule has 0 spiro atoms. The Morgan fingerprint density at radius 3 is 1.09 bits per heavy atom. The molecular weight excluding hydrogens is 1670 g/mol. The topological polar surface area (TPSA) is 357 Å². The van der Waals surface area contributed by atoms with Gasteiger partial charge in [-0.05, 0) is 166 Å². The van der Waals surface area contributed by atoms with Gasteiger partial charge in [0.05, 0.1) is 43.7 Å². The number of anilines is 14. The average molecular weight is 1780 g/mol. The highest BCUT2D eigenvalue weighted by Gasteiger charge is 2.35. The minimum Gasteiger partial charge on any atom is -0.494 e. The fraction of sp³-hybridized carbons (Fsp3) is 0.318. The first-order valence-corrected chi connectivity index (χ1v) is 40.4. The van der Waals surface area contributed by atoms with E-state index >= 15 is 0 Å². The van der Waals surface area contributed by atoms with Gasteiger partial charge in [0, 0.05) is 160 Å². The molecule has 3 fully saturated rings. The molecule has 12 rings (SSSR count). The maximum absolute atomic E-state index is 13.4. The van der Waals surface area contributed by atoms with E-state index in [0.717, 1.165) is 28.7 Å². The number of rotatable bonds is 24. The van der Waals surface area contributed by atoms with Crippen molar-refractivity contribution in [2.24, 2.45) is 0 Å². The predicted octanol–water partition coefficient (Wildman–Crippen LogP) is 18.1. The van der Waals surface area contributed by atoms with Crippen molar-refractivity contribution in [1.82, 2.24) is 44.6 Å². The van der Waals surface area contributed by atoms with Crippen molar-refractivity contribution in [2.75, 3.05) is 145 Å². The second-order valence-electron chi connectivity index (χ2n) is 31.2. The third kappa shape index (κ3) is 28.5. The molecule has 6 amide bonds. The first kappa shape index (κ1) is 94.2. The highest BCUT2D eigenvalue weighted by Crippen LogP contribution is 2.40. The zero-order valence-corrected chi connectivity index (χ0v) is 73.2. The van der Waals surface area contributed by atoms with Gasteiger partial charge in [-0.3, -0.25) is 14.4 Å². The van der Waals surface area contributed by atoms with Crippen LogP contribution in [0.5, 0.6) is 40.5 Å². The summed E-state index contributed by atoms with van der Waals surface area (Å²) in [6.07, 6.45) is 1.89. The minimum absolute atomic E-state index is 0.0312. The Labute approximate surface area is 737 Å². The summed E-state index contributed by atoms with van der Waals surface area (Å²) >= 11 is 12.5. The van der Waals surface area contributed by atoms with Crippen LogP contribution in [0.4, 0.5) is 108 Å². The van der Waals surface area contributed by atoms with Gasteiger partial charge in [0.2, 0.25) is 47.3 Å². The predicted molar refractivity (Wildman–Crippen MR) is 479 cm³/mol. The lowest BCUT2D eigenvalue weighted by Crippen LogP contribution is -2.50. The molecule has 6 heterocycles. The van der Waals surface area contributed by atoms with E-state index in [1.807, 2.05) is 108 Å². The van der Waals surface area contributed by atoms with E-state index in [0.29, 0.717) is 142 Å². The molecule has 3 saturated heterocycles. The van der Waals surface area contributed by atoms with Crippen molar-refractivity contribution in [2.45, 2.75) is 92.4 Å². The lowest BCUT2D eigenvalue weighted by molar-refractivity contribution is -0.274. The van der Waals surface area contributed by atoms with E-state index in [2.05, 4.69) is 101 Å². The number of amides is 6. The third-order valence-electron chi connectivity index (χ3n) is 18.2. The summed E-state index contributed by atoms with van der Waals surface area (Å²) in [5, 5.41) is 20.7. The summed E-state index contributed by atoms with van der Waals surface area (Å²) in [5.41, 5.74) is 5.23. The molecule has 3 aromatic heterocycles. The van der Waals surface area contributed by atoms with Crippen molar-refractivity contribution >= 4 is 140 Å². The van der Waals surface area contributed by atoms with Gasteiger partial charge in [-0.2, -0.15) is 15.0 Å². The monoisotopic (exact) mass is 1770 g/mol. The van der Waals surface area contributed by atoms with Crippen LogP contribution in [0.2, 0.25) is 10.0 Å². The summed E-state index contributed by atoms with van der Waals surface area (Å²) in [6, 6.07) is 36.4. The van der Waals surface area contributed by atoms with Gasteiger partial charge in [0.25, 0.3) is 0 Å². The number of nitrogens with zero attached hydrogens (tertiary/aromatic N) is 12. The first-order chi connectivity index (χ1) is 59.8. The van der Waals surface area contributed by atoms with E-state index in [9.17, 15) is 41.9 Å². The standard InChI is InChI=1S/C30H37N7O4.C29H30ClF3N6O5.C29H33ClN6O5/c1-7-26(38)32-21-9-8-10-22(17-21)33-27-20(2)19-31-28(35-27)34-24-12-11-23(18-25(24)40-6)36-13-15-37(16-14-36)29(39)41-30(3,4)5;1-5-24(40)35-18-7-6-8-20(15-18)42-25-21(30)17-34-26(37-25)36-22-10-9-19(16-23(22)43-29(31,32)33)38-11-13-39(14-12-38)27(41)44-28(2,3)4;1-6-25(37)32-19-8-7-9-21(16-19)40-26-22(30)18-31-27(34-26)33-23-11-10-20(17-24(23)39-5)35-12-14-36(15-13-35)28(38)41-29(2,3)4/h7-12,17-19H,1,13-16H2,2-6H3,(H,32,38)(H2,31,33,34,35);5-10,15-17H,1,11-14H2,2-4H3,(H,35,40)(H,34,36,37);6-11,16-18H,1,12-15H2,2-5H3,(H,32,37)(H,31,33,34). The summed E-state index contributed by atoms with van der Waals surface area (Å²) in [5.74, 6) is 1.56. The fourth-order valence-electron chi connectivity index (χ4n) is 12.2. The van der Waals surface area contributed by atoms with Crippen LogP contribution in [0, 0.1) is 6.92 Å². The normalized spacial score (nSPS) is 13.4. The SMILES string of the molecule is C=CC(=O)Nc1cccc(Nc2nc(Nc3ccc(N4CCN(C(=O)OC(C)(C)C)CC4)cc3OC)ncc2C)c1.C=CC(=O)Nc1cccc(Oc2nc(Nc3ccc(N4CCN(C(=O)OC(C)(C)C)CC4)cc3OC(F)(F)F)ncc2Cl)c1.C=CC(=O)Nc1cccc(Oc2nc(Nc3ccc(N4CCN(C(=O)OC(C)(C)C)CC4)cc3OC)ncc2Cl)c1. The largest absolute Gasteiger partial charge is 0.573 e. The molecule has 0 atom stereocenters. The molecule has 0 aliphatic carbocycles. The van der Waals surface area contributed by atoms with Crippen LogP contribution in [-0.2, 0) is 28.6 Å². The van der Waals surface area contributed by atoms with E-state index < -0.39 is 40.9 Å². The number of hydrogen-bond acceptors (Lipinski definition) is 27. The van der Waals surface area contributed by atoms with Gasteiger partial charge in [0.1, 0.15) is 55.7 Å². The summed E-state index contributed by atoms with van der Waals surface area (Å²) in [7, 11) is 3.20. The molecule has 0 bridgehead atoms. The molecule has 0 saturated carbocycles. The van der Waals surface area contributed by atoms with E-state index in [-0.39, 0.29) is 69.1 Å². The molecule has 33 nitrogen and oxygen atoms in total. The van der Waals surface area contributed by atoms with Gasteiger partial charge in [-0.15, -0.1) is 13.2 Å². The molecule has 3 aliphatic rings. The molecule has 3 aliphatic heterocycles. The van der Waals surface area contributed by atoms with Crippen LogP contribution in [0.1, 0.15) is 67.9 Å². The Morgan fingerprint density at radius 1 is 0.413 bits per heavy atom. The smallest absolute Gasteiger partial charge is 0.494 e. The number of alkyl halides is 3. The minimum atomic E-state index is -4.98. The maximum Gasteiger partial charge on any atom is 0.573 e. The number of piperazine rings is 3. The molecule has 7 N–H and O–H groups in total. The Kier molecular flexibility index (Phi) is 31.7. The zero-order valence-electron chi connectivity index (χ0n) is 71.7. The zero-order chi connectivity index (χ0) is 91.2. The van der Waals surface area contributed by atoms with Crippen LogP contribution in [-0.4, -0.2) is 197 Å². The van der Waals surface area contributed by atoms with Crippen molar-refractivity contribution in [1.29, 1.82) is 0 Å². The number of hydrogen-bond donors (Lipinski definition) is 7. The Morgan fingerprint density at radius 2 is 0.738 bits per heavy atom. The van der Waals surface area contributed by atoms with Gasteiger partial charge in [0.15, 0.2) is 5.75 Å². The molecular formula is C88H100Cl2F3N19O14. The molecule has 126 heavy (non-hydrogen) atoms. The number of carbonyl (C=O) groups is 6. The number of halogens is 5. The molecule has 0 unspecified atom stereocenters. The van der Waals surface area contributed by atoms with Crippen LogP contribution in [0.25, 0.3) is 0 Å². The number of aryl methyl sites for hydroxylation is 1. The highest BCUT2D eigenvalue weighted by atomic mass is 35.5. The van der Waals surface area contributed by atoms with Gasteiger partial charge >= 0.3 is 24.6 Å². The Hall–Kier alpha value is -14.0. The highest BCUT2D eigenvalue weighted by molar-refractivity contribution is 6.32. The first-order valence-electron chi connectivity index (χ1n) is 39.7. The van der Waals surface area contributed by atoms with Crippen molar-refractivity contribution < 1.29 is 79.8 Å². The summed E-state index contributed by atoms with van der Waals surface area (Å²) in [6.45, 7) is 35.1. The van der Waals surface area contributed by atoms with Crippen LogP contribution < -0.4 is 75.6 Å². The molecule has 6 aromatic carbocycles. The number of nitrogens with one attached hydrogen (secondary N) is 7. The molecule has 0 radical (unpaired) electrons. The van der Waals surface area contributed by atoms with E-state index in [1.165, 1.54) is 42.7 Å². The molecule has 38 heteroatoms.